The second kappa shape index (κ2) is 7.63. The Labute approximate surface area is 124 Å². The van der Waals surface area contributed by atoms with Crippen molar-refractivity contribution in [2.45, 2.75) is 54.0 Å². The highest BCUT2D eigenvalue weighted by atomic mass is 16.5. The maximum absolute atomic E-state index is 5.49. The second-order valence-corrected chi connectivity index (χ2v) is 6.27. The van der Waals surface area contributed by atoms with E-state index in [1.165, 1.54) is 5.56 Å². The van der Waals surface area contributed by atoms with Gasteiger partial charge in [0.15, 0.2) is 0 Å². The van der Waals surface area contributed by atoms with Gasteiger partial charge in [0.2, 0.25) is 0 Å². The lowest BCUT2D eigenvalue weighted by Gasteiger charge is -2.22. The molecule has 1 aromatic heterocycles. The number of rotatable bonds is 7. The molecule has 2 unspecified atom stereocenters. The molecule has 0 amide bonds. The van der Waals surface area contributed by atoms with Gasteiger partial charge in [-0.2, -0.15) is 0 Å². The van der Waals surface area contributed by atoms with Gasteiger partial charge < -0.3 is 10.1 Å². The monoisotopic (exact) mass is 278 g/mol. The van der Waals surface area contributed by atoms with Crippen molar-refractivity contribution in [2.75, 3.05) is 13.7 Å². The van der Waals surface area contributed by atoms with E-state index in [4.69, 9.17) is 4.74 Å². The van der Waals surface area contributed by atoms with Gasteiger partial charge >= 0.3 is 0 Å². The van der Waals surface area contributed by atoms with Crippen LogP contribution in [0.3, 0.4) is 0 Å². The van der Waals surface area contributed by atoms with E-state index >= 15 is 0 Å². The molecule has 0 spiro atoms. The maximum Gasteiger partial charge on any atom is 0.128 e. The lowest BCUT2D eigenvalue weighted by molar-refractivity contribution is 0.350. The summed E-state index contributed by atoms with van der Waals surface area (Å²) < 4.78 is 5.49. The molecule has 1 aromatic rings. The van der Waals surface area contributed by atoms with E-state index in [1.807, 2.05) is 13.1 Å². The largest absolute Gasteiger partial charge is 0.496 e. The van der Waals surface area contributed by atoms with Crippen molar-refractivity contribution < 1.29 is 4.74 Å². The standard InChI is InChI=1S/C17H30N2O/c1-11(2)18-9-13(4)12(3)8-16-15(6)17(20-7)14(5)10-19-16/h10-13,18H,8-9H2,1-7H3. The molecule has 0 aromatic carbocycles. The fourth-order valence-electron chi connectivity index (χ4n) is 2.41. The molecule has 20 heavy (non-hydrogen) atoms. The van der Waals surface area contributed by atoms with Crippen LogP contribution in [0.5, 0.6) is 5.75 Å². The molecule has 0 saturated heterocycles. The summed E-state index contributed by atoms with van der Waals surface area (Å²) >= 11 is 0. The van der Waals surface area contributed by atoms with Crippen LogP contribution in [0, 0.1) is 25.7 Å². The second-order valence-electron chi connectivity index (χ2n) is 6.27. The molecule has 3 nitrogen and oxygen atoms in total. The Bertz CT molecular complexity index is 429. The Morgan fingerprint density at radius 2 is 1.80 bits per heavy atom. The zero-order chi connectivity index (χ0) is 15.3. The summed E-state index contributed by atoms with van der Waals surface area (Å²) in [5, 5.41) is 3.51. The first-order valence-electron chi connectivity index (χ1n) is 7.59. The first-order valence-corrected chi connectivity index (χ1v) is 7.59. The maximum atomic E-state index is 5.49. The number of hydrogen-bond donors (Lipinski definition) is 1. The van der Waals surface area contributed by atoms with Crippen LogP contribution in [0.1, 0.15) is 44.5 Å². The molecular weight excluding hydrogens is 248 g/mol. The molecule has 0 bridgehead atoms. The first kappa shape index (κ1) is 17.0. The van der Waals surface area contributed by atoms with Gasteiger partial charge in [-0.05, 0) is 38.6 Å². The number of pyridine rings is 1. The highest BCUT2D eigenvalue weighted by Crippen LogP contribution is 2.26. The van der Waals surface area contributed by atoms with Gasteiger partial charge in [-0.15, -0.1) is 0 Å². The molecule has 0 aliphatic carbocycles. The van der Waals surface area contributed by atoms with Gasteiger partial charge in [-0.3, -0.25) is 4.98 Å². The minimum Gasteiger partial charge on any atom is -0.496 e. The molecule has 0 radical (unpaired) electrons. The molecule has 114 valence electrons. The van der Waals surface area contributed by atoms with E-state index in [9.17, 15) is 0 Å². The van der Waals surface area contributed by atoms with Crippen molar-refractivity contribution in [3.05, 3.63) is 23.0 Å². The summed E-state index contributed by atoms with van der Waals surface area (Å²) in [6.45, 7) is 14.2. The van der Waals surface area contributed by atoms with Crippen LogP contribution in [-0.2, 0) is 6.42 Å². The van der Waals surface area contributed by atoms with Gasteiger partial charge in [0.05, 0.1) is 7.11 Å². The zero-order valence-corrected chi connectivity index (χ0v) is 14.1. The fraction of sp³-hybridized carbons (Fsp3) is 0.706. The number of nitrogens with one attached hydrogen (secondary N) is 1. The number of methoxy groups -OCH3 is 1. The van der Waals surface area contributed by atoms with Crippen LogP contribution in [-0.4, -0.2) is 24.7 Å². The van der Waals surface area contributed by atoms with Crippen LogP contribution in [0.2, 0.25) is 0 Å². The lowest BCUT2D eigenvalue weighted by Crippen LogP contribution is -2.31. The van der Waals surface area contributed by atoms with Gasteiger partial charge in [-0.25, -0.2) is 0 Å². The van der Waals surface area contributed by atoms with Gasteiger partial charge in [0.25, 0.3) is 0 Å². The van der Waals surface area contributed by atoms with Crippen LogP contribution in [0.25, 0.3) is 0 Å². The molecule has 2 atom stereocenters. The highest BCUT2D eigenvalue weighted by molar-refractivity contribution is 5.41. The van der Waals surface area contributed by atoms with Crippen molar-refractivity contribution in [3.8, 4) is 5.75 Å². The fourth-order valence-corrected chi connectivity index (χ4v) is 2.41. The number of hydrogen-bond acceptors (Lipinski definition) is 3. The van der Waals surface area contributed by atoms with Crippen molar-refractivity contribution >= 4 is 0 Å². The summed E-state index contributed by atoms with van der Waals surface area (Å²) in [4.78, 5) is 4.60. The van der Waals surface area contributed by atoms with Crippen molar-refractivity contribution in [3.63, 3.8) is 0 Å². The van der Waals surface area contributed by atoms with Gasteiger partial charge in [0.1, 0.15) is 5.75 Å². The SMILES string of the molecule is COc1c(C)cnc(CC(C)C(C)CNC(C)C)c1C. The Morgan fingerprint density at radius 1 is 1.15 bits per heavy atom. The Balaban J connectivity index is 2.73. The third-order valence-electron chi connectivity index (χ3n) is 4.08. The van der Waals surface area contributed by atoms with Gasteiger partial charge in [-0.1, -0.05) is 27.7 Å². The van der Waals surface area contributed by atoms with Crippen LogP contribution < -0.4 is 10.1 Å². The van der Waals surface area contributed by atoms with Crippen molar-refractivity contribution in [2.24, 2.45) is 11.8 Å². The Hall–Kier alpha value is -1.09. The third-order valence-corrected chi connectivity index (χ3v) is 4.08. The molecule has 0 fully saturated rings. The molecular formula is C17H30N2O. The molecule has 0 saturated carbocycles. The predicted octanol–water partition coefficient (Wildman–Crippen LogP) is 3.52. The third kappa shape index (κ3) is 4.48. The smallest absolute Gasteiger partial charge is 0.128 e. The minimum atomic E-state index is 0.545. The summed E-state index contributed by atoms with van der Waals surface area (Å²) in [5.41, 5.74) is 3.45. The van der Waals surface area contributed by atoms with Crippen LogP contribution in [0.15, 0.2) is 6.20 Å². The summed E-state index contributed by atoms with van der Waals surface area (Å²) in [7, 11) is 1.73. The minimum absolute atomic E-state index is 0.545. The molecule has 0 aliphatic rings. The van der Waals surface area contributed by atoms with E-state index in [1.54, 1.807) is 7.11 Å². The number of aromatic nitrogens is 1. The highest BCUT2D eigenvalue weighted by Gasteiger charge is 2.17. The Morgan fingerprint density at radius 3 is 2.35 bits per heavy atom. The quantitative estimate of drug-likeness (QED) is 0.828. The number of nitrogens with zero attached hydrogens (tertiary/aromatic N) is 1. The lowest BCUT2D eigenvalue weighted by atomic mass is 9.89. The van der Waals surface area contributed by atoms with Crippen molar-refractivity contribution in [1.82, 2.24) is 10.3 Å². The van der Waals surface area contributed by atoms with Crippen LogP contribution >= 0.6 is 0 Å². The molecule has 1 N–H and O–H groups in total. The molecule has 3 heteroatoms. The number of ether oxygens (including phenoxy) is 1. The van der Waals surface area contributed by atoms with E-state index in [2.05, 4.69) is 44.9 Å². The predicted molar refractivity (Wildman–Crippen MR) is 85.4 cm³/mol. The number of aryl methyl sites for hydroxylation is 1. The summed E-state index contributed by atoms with van der Waals surface area (Å²) in [5.74, 6) is 2.21. The van der Waals surface area contributed by atoms with E-state index in [0.29, 0.717) is 17.9 Å². The van der Waals surface area contributed by atoms with Gasteiger partial charge in [0, 0.05) is 29.1 Å². The van der Waals surface area contributed by atoms with E-state index in [-0.39, 0.29) is 0 Å². The van der Waals surface area contributed by atoms with Crippen molar-refractivity contribution in [1.29, 1.82) is 0 Å². The molecule has 1 heterocycles. The first-order chi connectivity index (χ1) is 9.36. The van der Waals surface area contributed by atoms with E-state index in [0.717, 1.165) is 30.0 Å². The Kier molecular flexibility index (Phi) is 6.47. The zero-order valence-electron chi connectivity index (χ0n) is 14.1. The summed E-state index contributed by atoms with van der Waals surface area (Å²) in [6, 6.07) is 0.545. The summed E-state index contributed by atoms with van der Waals surface area (Å²) in [6.07, 6.45) is 2.92. The van der Waals surface area contributed by atoms with E-state index < -0.39 is 0 Å². The molecule has 1 rings (SSSR count). The van der Waals surface area contributed by atoms with Crippen LogP contribution in [0.4, 0.5) is 0 Å². The normalized spacial score (nSPS) is 14.4. The topological polar surface area (TPSA) is 34.1 Å². The molecule has 0 aliphatic heterocycles. The average molecular weight is 278 g/mol. The average Bonchev–Trinajstić information content (AvgIpc) is 2.39.